The van der Waals surface area contributed by atoms with E-state index >= 15 is 0 Å². The summed E-state index contributed by atoms with van der Waals surface area (Å²) in [5.41, 5.74) is 4.66. The summed E-state index contributed by atoms with van der Waals surface area (Å²) in [6.07, 6.45) is 5.21. The van der Waals surface area contributed by atoms with Gasteiger partial charge in [0, 0.05) is 23.1 Å². The third-order valence-corrected chi connectivity index (χ3v) is 4.58. The molecule has 3 aromatic rings. The molecule has 1 aliphatic rings. The van der Waals surface area contributed by atoms with Gasteiger partial charge in [-0.25, -0.2) is 0 Å². The monoisotopic (exact) mass is 249 g/mol. The molecule has 0 aliphatic heterocycles. The molecule has 2 aromatic carbocycles. The molecule has 0 saturated carbocycles. The van der Waals surface area contributed by atoms with Gasteiger partial charge in [0.25, 0.3) is 0 Å². The highest BCUT2D eigenvalue weighted by Gasteiger charge is 2.20. The Morgan fingerprint density at radius 3 is 2.74 bits per heavy atom. The fourth-order valence-electron chi connectivity index (χ4n) is 3.77. The van der Waals surface area contributed by atoms with E-state index < -0.39 is 0 Å². The number of aromatic nitrogens is 1. The number of rotatable bonds is 1. The van der Waals surface area contributed by atoms with Crippen molar-refractivity contribution in [1.82, 2.24) is 4.57 Å². The zero-order valence-corrected chi connectivity index (χ0v) is 11.4. The van der Waals surface area contributed by atoms with Crippen LogP contribution in [0.4, 0.5) is 0 Å². The molecule has 96 valence electrons. The second-order valence-electron chi connectivity index (χ2n) is 5.56. The topological polar surface area (TPSA) is 4.93 Å². The van der Waals surface area contributed by atoms with Crippen LogP contribution in [0.2, 0.25) is 0 Å². The van der Waals surface area contributed by atoms with E-state index in [1.807, 2.05) is 0 Å². The molecule has 0 N–H and O–H groups in total. The molecule has 1 heteroatoms. The molecule has 0 spiro atoms. The smallest absolute Gasteiger partial charge is 0.0491 e. The van der Waals surface area contributed by atoms with Crippen LogP contribution in [0.15, 0.2) is 36.4 Å². The molecule has 1 heterocycles. The van der Waals surface area contributed by atoms with Gasteiger partial charge in [0.15, 0.2) is 0 Å². The number of fused-ring (bicyclic) bond motifs is 5. The Labute approximate surface area is 113 Å². The van der Waals surface area contributed by atoms with Gasteiger partial charge in [0.05, 0.1) is 0 Å². The molecule has 0 amide bonds. The highest BCUT2D eigenvalue weighted by atomic mass is 15.0. The van der Waals surface area contributed by atoms with Crippen molar-refractivity contribution in [2.75, 3.05) is 0 Å². The number of aryl methyl sites for hydroxylation is 2. The quantitative estimate of drug-likeness (QED) is 0.589. The highest BCUT2D eigenvalue weighted by molar-refractivity contribution is 6.09. The van der Waals surface area contributed by atoms with Gasteiger partial charge in [-0.15, -0.1) is 0 Å². The summed E-state index contributed by atoms with van der Waals surface area (Å²) in [7, 11) is 0. The highest BCUT2D eigenvalue weighted by Crippen LogP contribution is 2.36. The Bertz CT molecular complexity index is 764. The summed E-state index contributed by atoms with van der Waals surface area (Å²) in [6, 6.07) is 13.4. The third kappa shape index (κ3) is 1.48. The standard InChI is InChI=1S/C18H19N/c1-2-19-16-10-6-5-9-15(16)18-14-8-4-3-7-13(14)11-12-17(18)19/h3-4,7-8,11-12H,2,5-6,9-10H2,1H3. The zero-order chi connectivity index (χ0) is 12.8. The second-order valence-corrected chi connectivity index (χ2v) is 5.56. The summed E-state index contributed by atoms with van der Waals surface area (Å²) in [5, 5.41) is 4.33. The molecule has 0 fully saturated rings. The molecule has 0 saturated heterocycles. The van der Waals surface area contributed by atoms with Crippen molar-refractivity contribution in [3.8, 4) is 0 Å². The van der Waals surface area contributed by atoms with E-state index in [9.17, 15) is 0 Å². The van der Waals surface area contributed by atoms with Crippen LogP contribution in [-0.4, -0.2) is 4.57 Å². The molecule has 4 rings (SSSR count). The van der Waals surface area contributed by atoms with Crippen LogP contribution in [0.5, 0.6) is 0 Å². The largest absolute Gasteiger partial charge is 0.345 e. The summed E-state index contributed by atoms with van der Waals surface area (Å²) >= 11 is 0. The third-order valence-electron chi connectivity index (χ3n) is 4.58. The van der Waals surface area contributed by atoms with Gasteiger partial charge in [-0.2, -0.15) is 0 Å². The Hall–Kier alpha value is -1.76. The zero-order valence-electron chi connectivity index (χ0n) is 11.4. The summed E-state index contributed by atoms with van der Waals surface area (Å²) in [4.78, 5) is 0. The first-order chi connectivity index (χ1) is 9.40. The molecule has 0 radical (unpaired) electrons. The van der Waals surface area contributed by atoms with Gasteiger partial charge in [0.2, 0.25) is 0 Å². The minimum atomic E-state index is 1.09. The SMILES string of the molecule is CCn1c2c(c3c4ccccc4ccc31)CCCC2. The van der Waals surface area contributed by atoms with Crippen molar-refractivity contribution >= 4 is 21.7 Å². The lowest BCUT2D eigenvalue weighted by Crippen LogP contribution is -2.07. The van der Waals surface area contributed by atoms with Gasteiger partial charge in [-0.3, -0.25) is 0 Å². The van der Waals surface area contributed by atoms with Crippen LogP contribution in [0, 0.1) is 0 Å². The van der Waals surface area contributed by atoms with E-state index in [1.165, 1.54) is 47.4 Å². The Kier molecular flexibility index (Phi) is 2.41. The van der Waals surface area contributed by atoms with Gasteiger partial charge in [-0.1, -0.05) is 30.3 Å². The average Bonchev–Trinajstić information content (AvgIpc) is 2.81. The van der Waals surface area contributed by atoms with Crippen molar-refractivity contribution < 1.29 is 0 Å². The lowest BCUT2D eigenvalue weighted by Gasteiger charge is -2.14. The van der Waals surface area contributed by atoms with Crippen molar-refractivity contribution in [1.29, 1.82) is 0 Å². The fraction of sp³-hybridized carbons (Fsp3) is 0.333. The lowest BCUT2D eigenvalue weighted by atomic mass is 9.93. The molecule has 1 aromatic heterocycles. The minimum absolute atomic E-state index is 1.09. The van der Waals surface area contributed by atoms with E-state index in [-0.39, 0.29) is 0 Å². The predicted octanol–water partition coefficient (Wildman–Crippen LogP) is 4.69. The maximum atomic E-state index is 2.54. The number of hydrogen-bond donors (Lipinski definition) is 0. The van der Waals surface area contributed by atoms with E-state index in [4.69, 9.17) is 0 Å². The summed E-state index contributed by atoms with van der Waals surface area (Å²) in [6.45, 7) is 3.35. The van der Waals surface area contributed by atoms with Crippen molar-refractivity contribution in [3.05, 3.63) is 47.7 Å². The van der Waals surface area contributed by atoms with E-state index in [0.29, 0.717) is 0 Å². The van der Waals surface area contributed by atoms with E-state index in [0.717, 1.165) is 6.54 Å². The van der Waals surface area contributed by atoms with Crippen LogP contribution in [0.25, 0.3) is 21.7 Å². The van der Waals surface area contributed by atoms with Crippen LogP contribution >= 0.6 is 0 Å². The molecule has 0 atom stereocenters. The van der Waals surface area contributed by atoms with Crippen molar-refractivity contribution in [2.24, 2.45) is 0 Å². The normalized spacial score (nSPS) is 15.0. The van der Waals surface area contributed by atoms with E-state index in [1.54, 1.807) is 11.3 Å². The van der Waals surface area contributed by atoms with Crippen LogP contribution in [-0.2, 0) is 19.4 Å². The Balaban J connectivity index is 2.21. The van der Waals surface area contributed by atoms with Gasteiger partial charge < -0.3 is 4.57 Å². The number of nitrogens with zero attached hydrogens (tertiary/aromatic N) is 1. The number of benzene rings is 2. The first-order valence-corrected chi connectivity index (χ1v) is 7.42. The molecule has 0 bridgehead atoms. The molecular formula is C18H19N. The first-order valence-electron chi connectivity index (χ1n) is 7.42. The van der Waals surface area contributed by atoms with Crippen LogP contribution < -0.4 is 0 Å². The minimum Gasteiger partial charge on any atom is -0.345 e. The molecule has 0 unspecified atom stereocenters. The fourth-order valence-corrected chi connectivity index (χ4v) is 3.77. The van der Waals surface area contributed by atoms with Crippen molar-refractivity contribution in [2.45, 2.75) is 39.2 Å². The van der Waals surface area contributed by atoms with Gasteiger partial charge in [-0.05, 0) is 55.0 Å². The van der Waals surface area contributed by atoms with Crippen molar-refractivity contribution in [3.63, 3.8) is 0 Å². The first kappa shape index (κ1) is 11.1. The maximum Gasteiger partial charge on any atom is 0.0491 e. The van der Waals surface area contributed by atoms with Gasteiger partial charge in [0.1, 0.15) is 0 Å². The Morgan fingerprint density at radius 2 is 1.84 bits per heavy atom. The lowest BCUT2D eigenvalue weighted by molar-refractivity contribution is 0.630. The van der Waals surface area contributed by atoms with Crippen LogP contribution in [0.1, 0.15) is 31.0 Å². The molecule has 19 heavy (non-hydrogen) atoms. The predicted molar refractivity (Wildman–Crippen MR) is 81.8 cm³/mol. The number of hydrogen-bond acceptors (Lipinski definition) is 0. The second kappa shape index (κ2) is 4.12. The molecule has 1 nitrogen and oxygen atoms in total. The molecule has 1 aliphatic carbocycles. The van der Waals surface area contributed by atoms with Crippen LogP contribution in [0.3, 0.4) is 0 Å². The maximum absolute atomic E-state index is 2.54. The summed E-state index contributed by atoms with van der Waals surface area (Å²) < 4.78 is 2.54. The van der Waals surface area contributed by atoms with Gasteiger partial charge >= 0.3 is 0 Å². The average molecular weight is 249 g/mol. The Morgan fingerprint density at radius 1 is 1.00 bits per heavy atom. The molecular weight excluding hydrogens is 230 g/mol. The summed E-state index contributed by atoms with van der Waals surface area (Å²) in [5.74, 6) is 0. The van der Waals surface area contributed by atoms with E-state index in [2.05, 4.69) is 47.9 Å².